The molecule has 0 bridgehead atoms. The number of fused-ring (bicyclic) bond motifs is 1. The minimum atomic E-state index is -4.70. The van der Waals surface area contributed by atoms with E-state index in [1.807, 2.05) is 0 Å². The number of halogens is 4. The van der Waals surface area contributed by atoms with Crippen molar-refractivity contribution in [1.82, 2.24) is 0 Å². The van der Waals surface area contributed by atoms with Crippen molar-refractivity contribution in [3.63, 3.8) is 0 Å². The van der Waals surface area contributed by atoms with E-state index < -0.39 is 23.7 Å². The van der Waals surface area contributed by atoms with Crippen molar-refractivity contribution in [2.75, 3.05) is 11.9 Å². The van der Waals surface area contributed by atoms with E-state index in [2.05, 4.69) is 0 Å². The van der Waals surface area contributed by atoms with Crippen molar-refractivity contribution in [1.29, 1.82) is 0 Å². The maximum atomic E-state index is 13.0. The van der Waals surface area contributed by atoms with E-state index in [9.17, 15) is 27.2 Å². The van der Waals surface area contributed by atoms with Crippen LogP contribution >= 0.6 is 0 Å². The van der Waals surface area contributed by atoms with Gasteiger partial charge in [0.1, 0.15) is 0 Å². The van der Waals surface area contributed by atoms with E-state index in [4.69, 9.17) is 0 Å². The zero-order valence-corrected chi connectivity index (χ0v) is 10.5. The van der Waals surface area contributed by atoms with Gasteiger partial charge in [-0.25, -0.2) is 8.78 Å². The van der Waals surface area contributed by atoms with E-state index in [0.29, 0.717) is 17.7 Å². The number of hydrogen-bond donors (Lipinski definition) is 0. The Labute approximate surface area is 112 Å². The minimum Gasteiger partial charge on any atom is -0.315 e. The second-order valence-electron chi connectivity index (χ2n) is 4.55. The van der Waals surface area contributed by atoms with Gasteiger partial charge in [0, 0.05) is 24.7 Å². The zero-order chi connectivity index (χ0) is 15.1. The van der Waals surface area contributed by atoms with Gasteiger partial charge in [0.15, 0.2) is 0 Å². The highest BCUT2D eigenvalue weighted by atomic mass is 19.3. The Morgan fingerprint density at radius 3 is 2.55 bits per heavy atom. The smallest absolute Gasteiger partial charge is 0.315 e. The first-order valence-corrected chi connectivity index (χ1v) is 5.85. The number of carbonyl (C=O) groups excluding carboxylic acids is 2. The molecule has 1 heterocycles. The lowest BCUT2D eigenvalue weighted by Gasteiger charge is -2.26. The number of carbonyl (C=O) groups is 2. The van der Waals surface area contributed by atoms with Gasteiger partial charge in [-0.05, 0) is 30.2 Å². The summed E-state index contributed by atoms with van der Waals surface area (Å²) in [6.07, 6.45) is -3.57. The summed E-state index contributed by atoms with van der Waals surface area (Å²) in [6.45, 7) is 0. The summed E-state index contributed by atoms with van der Waals surface area (Å²) in [6, 6.07) is 3.50. The number of aryl methyl sites for hydroxylation is 1. The lowest BCUT2D eigenvalue weighted by molar-refractivity contribution is -0.118. The van der Waals surface area contributed by atoms with Crippen molar-refractivity contribution in [3.05, 3.63) is 29.3 Å². The Morgan fingerprint density at radius 2 is 1.95 bits per heavy atom. The Balaban J connectivity index is 2.38. The zero-order valence-electron chi connectivity index (χ0n) is 10.5. The summed E-state index contributed by atoms with van der Waals surface area (Å²) < 4.78 is 50.4. The maximum Gasteiger partial charge on any atom is 0.368 e. The number of nitrogens with zero attached hydrogens (tertiary/aromatic N) is 1. The summed E-state index contributed by atoms with van der Waals surface area (Å²) in [5.41, 5.74) is 0.540. The Hall–Kier alpha value is -1.92. The molecule has 0 atom stereocenters. The normalized spacial score (nSPS) is 15.5. The third-order valence-corrected chi connectivity index (χ3v) is 3.26. The van der Waals surface area contributed by atoms with E-state index in [1.165, 1.54) is 18.0 Å². The molecule has 0 saturated heterocycles. The number of hydrogen-bond acceptors (Lipinski definition) is 2. The molecule has 1 amide bonds. The van der Waals surface area contributed by atoms with Crippen LogP contribution in [0.15, 0.2) is 18.2 Å². The number of alkyl halides is 4. The quantitative estimate of drug-likeness (QED) is 0.633. The number of anilines is 1. The molecule has 2 rings (SSSR count). The molecular formula is C13H11F4NO2. The predicted octanol–water partition coefficient (Wildman–Crippen LogP) is 2.68. The number of amides is 1. The van der Waals surface area contributed by atoms with Crippen LogP contribution in [0.5, 0.6) is 0 Å². The van der Waals surface area contributed by atoms with E-state index in [-0.39, 0.29) is 12.3 Å². The number of benzene rings is 1. The molecule has 0 N–H and O–H groups in total. The molecule has 1 aliphatic rings. The van der Waals surface area contributed by atoms with E-state index in [0.717, 1.165) is 12.1 Å². The van der Waals surface area contributed by atoms with Gasteiger partial charge in [-0.15, -0.1) is 0 Å². The summed E-state index contributed by atoms with van der Waals surface area (Å²) >= 11 is 0. The summed E-state index contributed by atoms with van der Waals surface area (Å²) in [5.74, 6) is -6.74. The number of Topliss-reactive ketones (excluding diaryl/α,β-unsaturated/α-hetero) is 1. The van der Waals surface area contributed by atoms with Crippen LogP contribution in [0.3, 0.4) is 0 Å². The van der Waals surface area contributed by atoms with Crippen molar-refractivity contribution < 1.29 is 27.2 Å². The molecule has 1 aromatic rings. The Morgan fingerprint density at radius 1 is 1.30 bits per heavy atom. The Bertz CT molecular complexity index is 571. The average molecular weight is 289 g/mol. The van der Waals surface area contributed by atoms with Crippen LogP contribution in [0, 0.1) is 0 Å². The van der Waals surface area contributed by atoms with Crippen LogP contribution in [0.2, 0.25) is 0 Å². The third kappa shape index (κ3) is 2.28. The van der Waals surface area contributed by atoms with Crippen LogP contribution in [-0.4, -0.2) is 31.1 Å². The lowest BCUT2D eigenvalue weighted by Crippen LogP contribution is -2.37. The standard InChI is InChI=1S/C13H11F4NO2/c1-18-9-4-2-8(6-7(9)3-5-10(18)19)11(20)13(16,17)12(14)15/h2,4,6,12H,3,5H2,1H3. The van der Waals surface area contributed by atoms with Crippen molar-refractivity contribution in [3.8, 4) is 0 Å². The first-order chi connectivity index (χ1) is 9.25. The molecule has 0 saturated carbocycles. The second-order valence-corrected chi connectivity index (χ2v) is 4.55. The first kappa shape index (κ1) is 14.5. The molecule has 108 valence electrons. The van der Waals surface area contributed by atoms with Gasteiger partial charge in [0.05, 0.1) is 0 Å². The Kier molecular flexibility index (Phi) is 3.54. The molecule has 0 spiro atoms. The fraction of sp³-hybridized carbons (Fsp3) is 0.385. The molecular weight excluding hydrogens is 278 g/mol. The van der Waals surface area contributed by atoms with Crippen molar-refractivity contribution in [2.24, 2.45) is 0 Å². The lowest BCUT2D eigenvalue weighted by atomic mass is 9.96. The van der Waals surface area contributed by atoms with Gasteiger partial charge in [-0.1, -0.05) is 0 Å². The second kappa shape index (κ2) is 4.88. The van der Waals surface area contributed by atoms with Crippen LogP contribution in [-0.2, 0) is 11.2 Å². The van der Waals surface area contributed by atoms with Crippen molar-refractivity contribution >= 4 is 17.4 Å². The van der Waals surface area contributed by atoms with Gasteiger partial charge in [-0.3, -0.25) is 9.59 Å². The van der Waals surface area contributed by atoms with Crippen LogP contribution < -0.4 is 4.90 Å². The van der Waals surface area contributed by atoms with Gasteiger partial charge >= 0.3 is 12.3 Å². The molecule has 0 aliphatic carbocycles. The van der Waals surface area contributed by atoms with Gasteiger partial charge in [-0.2, -0.15) is 8.78 Å². The average Bonchev–Trinajstić information content (AvgIpc) is 2.41. The van der Waals surface area contributed by atoms with Gasteiger partial charge in [0.2, 0.25) is 11.7 Å². The number of ketones is 1. The van der Waals surface area contributed by atoms with E-state index >= 15 is 0 Å². The monoisotopic (exact) mass is 289 g/mol. The molecule has 0 fully saturated rings. The molecule has 0 aromatic heterocycles. The topological polar surface area (TPSA) is 37.4 Å². The highest BCUT2D eigenvalue weighted by Crippen LogP contribution is 2.31. The third-order valence-electron chi connectivity index (χ3n) is 3.26. The molecule has 3 nitrogen and oxygen atoms in total. The fourth-order valence-corrected chi connectivity index (χ4v) is 2.09. The van der Waals surface area contributed by atoms with Crippen LogP contribution in [0.1, 0.15) is 22.3 Å². The highest BCUT2D eigenvalue weighted by Gasteiger charge is 2.49. The summed E-state index contributed by atoms with van der Waals surface area (Å²) in [7, 11) is 1.52. The SMILES string of the molecule is CN1C(=O)CCc2cc(C(=O)C(F)(F)C(F)F)ccc21. The molecule has 1 aromatic carbocycles. The highest BCUT2D eigenvalue weighted by molar-refractivity contribution is 6.03. The molecule has 0 radical (unpaired) electrons. The molecule has 1 aliphatic heterocycles. The molecule has 7 heteroatoms. The number of rotatable bonds is 3. The molecule has 0 unspecified atom stereocenters. The largest absolute Gasteiger partial charge is 0.368 e. The van der Waals surface area contributed by atoms with Crippen LogP contribution in [0.25, 0.3) is 0 Å². The maximum absolute atomic E-state index is 13.0. The van der Waals surface area contributed by atoms with E-state index in [1.54, 1.807) is 0 Å². The van der Waals surface area contributed by atoms with Gasteiger partial charge < -0.3 is 4.90 Å². The molecule has 20 heavy (non-hydrogen) atoms. The fourth-order valence-electron chi connectivity index (χ4n) is 2.09. The predicted molar refractivity (Wildman–Crippen MR) is 63.5 cm³/mol. The van der Waals surface area contributed by atoms with Gasteiger partial charge in [0.25, 0.3) is 0 Å². The summed E-state index contributed by atoms with van der Waals surface area (Å²) in [5, 5.41) is 0. The minimum absolute atomic E-state index is 0.130. The van der Waals surface area contributed by atoms with Crippen LogP contribution in [0.4, 0.5) is 23.2 Å². The van der Waals surface area contributed by atoms with Crippen molar-refractivity contribution in [2.45, 2.75) is 25.2 Å². The summed E-state index contributed by atoms with van der Waals surface area (Å²) in [4.78, 5) is 24.2. The first-order valence-electron chi connectivity index (χ1n) is 5.85.